The Bertz CT molecular complexity index is 905. The number of nitrogens with zero attached hydrogens (tertiary/aromatic N) is 3. The van der Waals surface area contributed by atoms with Gasteiger partial charge in [-0.3, -0.25) is 19.1 Å². The highest BCUT2D eigenvalue weighted by Gasteiger charge is 2.38. The van der Waals surface area contributed by atoms with Gasteiger partial charge in [0.05, 0.1) is 5.92 Å². The maximum absolute atomic E-state index is 12.6. The van der Waals surface area contributed by atoms with Crippen LogP contribution in [0, 0.1) is 5.92 Å². The van der Waals surface area contributed by atoms with Crippen molar-refractivity contribution in [3.05, 3.63) is 48.3 Å². The Morgan fingerprint density at radius 1 is 1.17 bits per heavy atom. The maximum atomic E-state index is 12.6. The van der Waals surface area contributed by atoms with E-state index in [1.165, 1.54) is 12.8 Å². The Hall–Kier alpha value is -3.16. The lowest BCUT2D eigenvalue weighted by molar-refractivity contribution is -0.130. The summed E-state index contributed by atoms with van der Waals surface area (Å²) in [7, 11) is 0. The summed E-state index contributed by atoms with van der Waals surface area (Å²) >= 11 is 0. The number of carbonyl (C=O) groups is 3. The summed E-state index contributed by atoms with van der Waals surface area (Å²) in [4.78, 5) is 38.9. The van der Waals surface area contributed by atoms with E-state index < -0.39 is 0 Å². The number of amides is 3. The zero-order chi connectivity index (χ0) is 20.9. The van der Waals surface area contributed by atoms with Gasteiger partial charge in [0.2, 0.25) is 17.7 Å². The van der Waals surface area contributed by atoms with Gasteiger partial charge in [0.15, 0.2) is 0 Å². The molecule has 8 nitrogen and oxygen atoms in total. The summed E-state index contributed by atoms with van der Waals surface area (Å²) in [5.41, 5.74) is 1.56. The molecule has 8 heteroatoms. The third kappa shape index (κ3) is 4.87. The third-order valence-corrected chi connectivity index (χ3v) is 5.84. The number of hydrogen-bond donors (Lipinski definition) is 2. The van der Waals surface area contributed by atoms with Crippen LogP contribution in [0.4, 0.5) is 5.69 Å². The van der Waals surface area contributed by atoms with Gasteiger partial charge in [0.1, 0.15) is 6.54 Å². The second-order valence-corrected chi connectivity index (χ2v) is 8.06. The lowest BCUT2D eigenvalue weighted by Crippen LogP contribution is -2.36. The highest BCUT2D eigenvalue weighted by molar-refractivity contribution is 5.91. The number of likely N-dealkylation sites (tertiary alicyclic amines) is 1. The van der Waals surface area contributed by atoms with Crippen LogP contribution in [0.5, 0.6) is 0 Å². The number of anilines is 1. The first-order valence-electron chi connectivity index (χ1n) is 10.5. The highest BCUT2D eigenvalue weighted by atomic mass is 16.2. The van der Waals surface area contributed by atoms with E-state index in [4.69, 9.17) is 0 Å². The van der Waals surface area contributed by atoms with E-state index in [-0.39, 0.29) is 30.2 Å². The van der Waals surface area contributed by atoms with Crippen LogP contribution in [-0.2, 0) is 27.5 Å². The van der Waals surface area contributed by atoms with E-state index >= 15 is 0 Å². The number of carbonyl (C=O) groups excluding carboxylic acids is 3. The molecule has 1 atom stereocenters. The molecule has 2 N–H and O–H groups in total. The summed E-state index contributed by atoms with van der Waals surface area (Å²) in [6.07, 6.45) is 8.10. The Morgan fingerprint density at radius 2 is 2.00 bits per heavy atom. The summed E-state index contributed by atoms with van der Waals surface area (Å²) in [6.45, 7) is 1.02. The predicted molar refractivity (Wildman–Crippen MR) is 111 cm³/mol. The summed E-state index contributed by atoms with van der Waals surface area (Å²) < 4.78 is 1.55. The molecule has 1 aromatic heterocycles. The van der Waals surface area contributed by atoms with Crippen LogP contribution >= 0.6 is 0 Å². The van der Waals surface area contributed by atoms with Crippen molar-refractivity contribution in [1.82, 2.24) is 20.0 Å². The van der Waals surface area contributed by atoms with Crippen LogP contribution in [0.1, 0.15) is 37.7 Å². The molecule has 2 aliphatic rings. The standard InChI is InChI=1S/C22H27N5O3/c28-20(15-26-10-4-9-24-26)25-18-6-3-5-16(11-18)13-23-22(30)17-12-21(29)27(14-17)19-7-1-2-8-19/h3-6,9-11,17,19H,1-2,7-8,12-15H2,(H,23,30)(H,25,28). The monoisotopic (exact) mass is 409 g/mol. The van der Waals surface area contributed by atoms with E-state index in [0.717, 1.165) is 18.4 Å². The second-order valence-electron chi connectivity index (χ2n) is 8.06. The van der Waals surface area contributed by atoms with E-state index in [9.17, 15) is 14.4 Å². The maximum Gasteiger partial charge on any atom is 0.246 e. The quantitative estimate of drug-likeness (QED) is 0.730. The molecule has 2 aromatic rings. The zero-order valence-corrected chi connectivity index (χ0v) is 16.9. The van der Waals surface area contributed by atoms with Gasteiger partial charge >= 0.3 is 0 Å². The van der Waals surface area contributed by atoms with Gasteiger partial charge in [-0.1, -0.05) is 25.0 Å². The topological polar surface area (TPSA) is 96.3 Å². The molecule has 2 heterocycles. The van der Waals surface area contributed by atoms with Crippen LogP contribution in [0.3, 0.4) is 0 Å². The average Bonchev–Trinajstić information content (AvgIpc) is 3.48. The molecule has 1 unspecified atom stereocenters. The van der Waals surface area contributed by atoms with Crippen molar-refractivity contribution in [2.24, 2.45) is 5.92 Å². The molecule has 1 saturated heterocycles. The molecule has 1 aliphatic heterocycles. The number of hydrogen-bond acceptors (Lipinski definition) is 4. The van der Waals surface area contributed by atoms with Gasteiger partial charge in [-0.15, -0.1) is 0 Å². The zero-order valence-electron chi connectivity index (χ0n) is 16.9. The van der Waals surface area contributed by atoms with Crippen molar-refractivity contribution >= 4 is 23.4 Å². The van der Waals surface area contributed by atoms with Crippen molar-refractivity contribution in [2.45, 2.75) is 51.2 Å². The minimum absolute atomic E-state index is 0.0861. The first-order chi connectivity index (χ1) is 14.6. The van der Waals surface area contributed by atoms with Gasteiger partial charge in [0, 0.05) is 43.6 Å². The van der Waals surface area contributed by atoms with Crippen LogP contribution in [0.2, 0.25) is 0 Å². The fourth-order valence-corrected chi connectivity index (χ4v) is 4.31. The van der Waals surface area contributed by atoms with E-state index in [1.54, 1.807) is 29.2 Å². The molecule has 1 aliphatic carbocycles. The highest BCUT2D eigenvalue weighted by Crippen LogP contribution is 2.29. The molecule has 0 radical (unpaired) electrons. The predicted octanol–water partition coefficient (Wildman–Crippen LogP) is 1.93. The summed E-state index contributed by atoms with van der Waals surface area (Å²) in [5, 5.41) is 9.81. The largest absolute Gasteiger partial charge is 0.352 e. The van der Waals surface area contributed by atoms with Gasteiger partial charge < -0.3 is 15.5 Å². The smallest absolute Gasteiger partial charge is 0.246 e. The molecule has 3 amide bonds. The van der Waals surface area contributed by atoms with Crippen molar-refractivity contribution in [2.75, 3.05) is 11.9 Å². The Labute approximate surface area is 175 Å². The van der Waals surface area contributed by atoms with Crippen molar-refractivity contribution < 1.29 is 14.4 Å². The van der Waals surface area contributed by atoms with Crippen LogP contribution in [0.15, 0.2) is 42.7 Å². The second kappa shape index (κ2) is 9.11. The Morgan fingerprint density at radius 3 is 2.77 bits per heavy atom. The molecule has 0 bridgehead atoms. The number of nitrogens with one attached hydrogen (secondary N) is 2. The SMILES string of the molecule is O=C(Cn1cccn1)Nc1cccc(CNC(=O)C2CC(=O)N(C3CCCC3)C2)c1. The third-order valence-electron chi connectivity index (χ3n) is 5.84. The van der Waals surface area contributed by atoms with E-state index in [0.29, 0.717) is 31.2 Å². The van der Waals surface area contributed by atoms with Crippen LogP contribution < -0.4 is 10.6 Å². The first kappa shape index (κ1) is 20.1. The Kier molecular flexibility index (Phi) is 6.11. The molecular weight excluding hydrogens is 382 g/mol. The van der Waals surface area contributed by atoms with Crippen molar-refractivity contribution in [1.29, 1.82) is 0 Å². The minimum Gasteiger partial charge on any atom is -0.352 e. The first-order valence-corrected chi connectivity index (χ1v) is 10.5. The van der Waals surface area contributed by atoms with Crippen LogP contribution in [0.25, 0.3) is 0 Å². The van der Waals surface area contributed by atoms with E-state index in [2.05, 4.69) is 15.7 Å². The molecule has 0 spiro atoms. The summed E-state index contributed by atoms with van der Waals surface area (Å²) in [5.74, 6) is -0.438. The van der Waals surface area contributed by atoms with Crippen molar-refractivity contribution in [3.8, 4) is 0 Å². The van der Waals surface area contributed by atoms with Crippen molar-refractivity contribution in [3.63, 3.8) is 0 Å². The number of benzene rings is 1. The summed E-state index contributed by atoms with van der Waals surface area (Å²) in [6, 6.07) is 9.46. The fraction of sp³-hybridized carbons (Fsp3) is 0.455. The number of aromatic nitrogens is 2. The lowest BCUT2D eigenvalue weighted by atomic mass is 10.1. The molecule has 158 valence electrons. The van der Waals surface area contributed by atoms with Gasteiger partial charge in [-0.25, -0.2) is 0 Å². The molecular formula is C22H27N5O3. The molecule has 2 fully saturated rings. The lowest BCUT2D eigenvalue weighted by Gasteiger charge is -2.23. The van der Waals surface area contributed by atoms with Gasteiger partial charge in [-0.2, -0.15) is 5.10 Å². The molecule has 30 heavy (non-hydrogen) atoms. The van der Waals surface area contributed by atoms with E-state index in [1.807, 2.05) is 23.1 Å². The van der Waals surface area contributed by atoms with Crippen LogP contribution in [-0.4, -0.2) is 45.0 Å². The van der Waals surface area contributed by atoms with Gasteiger partial charge in [0.25, 0.3) is 0 Å². The minimum atomic E-state index is -0.282. The normalized spacial score (nSPS) is 19.3. The average molecular weight is 409 g/mol. The Balaban J connectivity index is 1.27. The van der Waals surface area contributed by atoms with Gasteiger partial charge in [-0.05, 0) is 36.6 Å². The fourth-order valence-electron chi connectivity index (χ4n) is 4.31. The number of rotatable bonds is 7. The molecule has 1 saturated carbocycles. The molecule has 4 rings (SSSR count). The molecule has 1 aromatic carbocycles.